The van der Waals surface area contributed by atoms with Gasteiger partial charge in [0.05, 0.1) is 6.42 Å². The zero-order valence-corrected chi connectivity index (χ0v) is 21.7. The minimum atomic E-state index is -0.958. The summed E-state index contributed by atoms with van der Waals surface area (Å²) in [6.07, 6.45) is -0.159. The van der Waals surface area contributed by atoms with Gasteiger partial charge in [-0.05, 0) is 63.1 Å². The Bertz CT molecular complexity index is 912. The quantitative estimate of drug-likeness (QED) is 0.252. The van der Waals surface area contributed by atoms with Crippen molar-refractivity contribution in [3.05, 3.63) is 59.7 Å². The van der Waals surface area contributed by atoms with Crippen molar-refractivity contribution in [1.82, 2.24) is 0 Å². The van der Waals surface area contributed by atoms with Gasteiger partial charge in [0.15, 0.2) is 0 Å². The smallest absolute Gasteiger partial charge is 0.327 e. The number of hydrogen-bond donors (Lipinski definition) is 1. The van der Waals surface area contributed by atoms with Crippen LogP contribution in [0.25, 0.3) is 0 Å². The van der Waals surface area contributed by atoms with Gasteiger partial charge < -0.3 is 14.6 Å². The first kappa shape index (κ1) is 26.1. The van der Waals surface area contributed by atoms with E-state index < -0.39 is 32.0 Å². The molecule has 2 rings (SSSR count). The third-order valence-corrected chi connectivity index (χ3v) is 5.53. The van der Waals surface area contributed by atoms with Crippen LogP contribution < -0.4 is 9.47 Å². The Balaban J connectivity index is 2.33. The van der Waals surface area contributed by atoms with Crippen LogP contribution in [0.4, 0.5) is 0 Å². The number of alkyl halides is 2. The maximum Gasteiger partial charge on any atom is 0.327 e. The van der Waals surface area contributed by atoms with Gasteiger partial charge in [-0.1, -0.05) is 63.0 Å². The van der Waals surface area contributed by atoms with Crippen molar-refractivity contribution in [3.8, 4) is 11.5 Å². The predicted octanol–water partition coefficient (Wildman–Crippen LogP) is 5.63. The number of carbonyl (C=O) groups excluding carboxylic acids is 2. The Morgan fingerprint density at radius 1 is 0.719 bits per heavy atom. The Morgan fingerprint density at radius 3 is 1.28 bits per heavy atom. The lowest BCUT2D eigenvalue weighted by Gasteiger charge is -2.30. The number of carboxylic acid groups (broad SMARTS) is 1. The molecule has 0 amide bonds. The van der Waals surface area contributed by atoms with Crippen LogP contribution in [-0.4, -0.2) is 31.7 Å². The lowest BCUT2D eigenvalue weighted by atomic mass is 9.74. The van der Waals surface area contributed by atoms with Gasteiger partial charge in [0, 0.05) is 5.41 Å². The number of carbonyl (C=O) groups is 3. The number of ether oxygens (including phenoxy) is 2. The molecule has 1 N–H and O–H groups in total. The van der Waals surface area contributed by atoms with E-state index in [1.54, 1.807) is 76.2 Å². The minimum absolute atomic E-state index is 0.159. The fourth-order valence-corrected chi connectivity index (χ4v) is 3.07. The second-order valence-corrected chi connectivity index (χ2v) is 12.6. The first-order chi connectivity index (χ1) is 14.6. The van der Waals surface area contributed by atoms with Gasteiger partial charge in [0.1, 0.15) is 20.1 Å². The Kier molecular flexibility index (Phi) is 7.94. The molecule has 2 aromatic rings. The second kappa shape index (κ2) is 9.75. The average Bonchev–Trinajstić information content (AvgIpc) is 2.67. The highest BCUT2D eigenvalue weighted by atomic mass is 79.9. The van der Waals surface area contributed by atoms with Crippen LogP contribution in [0, 0.1) is 0 Å². The van der Waals surface area contributed by atoms with Crippen LogP contribution in [0.2, 0.25) is 0 Å². The van der Waals surface area contributed by atoms with E-state index in [-0.39, 0.29) is 6.42 Å². The van der Waals surface area contributed by atoms with Crippen molar-refractivity contribution in [3.63, 3.8) is 0 Å². The van der Waals surface area contributed by atoms with E-state index in [0.717, 1.165) is 11.1 Å². The minimum Gasteiger partial charge on any atom is -0.481 e. The SMILES string of the molecule is CC(C)(Br)C(=O)Oc1ccc(C(C)(CC(=O)O)c2ccc(OC(=O)C(C)(C)Br)cc2)cc1. The van der Waals surface area contributed by atoms with E-state index in [2.05, 4.69) is 31.9 Å². The van der Waals surface area contributed by atoms with Crippen LogP contribution in [0.3, 0.4) is 0 Å². The molecule has 0 aromatic heterocycles. The molecular formula is C24H26Br2O6. The summed E-state index contributed by atoms with van der Waals surface area (Å²) in [7, 11) is 0. The molecule has 0 fully saturated rings. The number of carboxylic acids is 1. The molecule has 8 heteroatoms. The first-order valence-electron chi connectivity index (χ1n) is 9.88. The van der Waals surface area contributed by atoms with Gasteiger partial charge in [0.2, 0.25) is 0 Å². The molecule has 0 unspecified atom stereocenters. The van der Waals surface area contributed by atoms with Gasteiger partial charge in [-0.3, -0.25) is 14.4 Å². The second-order valence-electron chi connectivity index (χ2n) is 8.68. The molecule has 0 aliphatic heterocycles. The molecule has 0 atom stereocenters. The lowest BCUT2D eigenvalue weighted by molar-refractivity contribution is -0.138. The number of benzene rings is 2. The molecule has 0 aliphatic carbocycles. The lowest BCUT2D eigenvalue weighted by Crippen LogP contribution is -2.30. The van der Waals surface area contributed by atoms with Gasteiger partial charge in [-0.15, -0.1) is 0 Å². The third kappa shape index (κ3) is 6.65. The number of aliphatic carboxylic acids is 1. The molecule has 0 aliphatic rings. The van der Waals surface area contributed by atoms with E-state index >= 15 is 0 Å². The van der Waals surface area contributed by atoms with Gasteiger partial charge in [0.25, 0.3) is 0 Å². The fraction of sp³-hybridized carbons (Fsp3) is 0.375. The molecule has 0 saturated carbocycles. The molecule has 32 heavy (non-hydrogen) atoms. The van der Waals surface area contributed by atoms with E-state index in [9.17, 15) is 19.5 Å². The van der Waals surface area contributed by atoms with Crippen molar-refractivity contribution >= 4 is 49.8 Å². The van der Waals surface area contributed by atoms with Crippen molar-refractivity contribution in [2.75, 3.05) is 0 Å². The van der Waals surface area contributed by atoms with Crippen LogP contribution >= 0.6 is 31.9 Å². The normalized spacial score (nSPS) is 12.2. The molecular weight excluding hydrogens is 544 g/mol. The molecule has 6 nitrogen and oxygen atoms in total. The summed E-state index contributed by atoms with van der Waals surface area (Å²) < 4.78 is 9.08. The Morgan fingerprint density at radius 2 is 1.03 bits per heavy atom. The molecule has 2 aromatic carbocycles. The van der Waals surface area contributed by atoms with E-state index in [0.29, 0.717) is 11.5 Å². The molecule has 0 spiro atoms. The Hall–Kier alpha value is -2.19. The summed E-state index contributed by atoms with van der Waals surface area (Å²) in [6.45, 7) is 8.58. The van der Waals surface area contributed by atoms with Crippen molar-refractivity contribution in [2.45, 2.75) is 55.1 Å². The highest BCUT2D eigenvalue weighted by molar-refractivity contribution is 9.10. The van der Waals surface area contributed by atoms with Crippen LogP contribution in [0.1, 0.15) is 52.2 Å². The molecule has 0 saturated heterocycles. The topological polar surface area (TPSA) is 89.9 Å². The van der Waals surface area contributed by atoms with E-state index in [1.807, 2.05) is 6.92 Å². The van der Waals surface area contributed by atoms with E-state index in [4.69, 9.17) is 9.47 Å². The summed E-state index contributed by atoms with van der Waals surface area (Å²) in [5, 5.41) is 9.55. The highest BCUT2D eigenvalue weighted by Crippen LogP contribution is 2.37. The van der Waals surface area contributed by atoms with Crippen LogP contribution in [-0.2, 0) is 19.8 Å². The van der Waals surface area contributed by atoms with Gasteiger partial charge in [-0.25, -0.2) is 0 Å². The summed E-state index contributed by atoms with van der Waals surface area (Å²) >= 11 is 6.53. The first-order valence-corrected chi connectivity index (χ1v) is 11.5. The van der Waals surface area contributed by atoms with Gasteiger partial charge in [-0.2, -0.15) is 0 Å². The summed E-state index contributed by atoms with van der Waals surface area (Å²) in [5.41, 5.74) is 0.619. The van der Waals surface area contributed by atoms with E-state index in [1.165, 1.54) is 0 Å². The third-order valence-electron chi connectivity index (χ3n) is 4.88. The van der Waals surface area contributed by atoms with Gasteiger partial charge >= 0.3 is 17.9 Å². The number of hydrogen-bond acceptors (Lipinski definition) is 5. The maximum absolute atomic E-state index is 12.1. The number of esters is 2. The van der Waals surface area contributed by atoms with Crippen molar-refractivity contribution < 1.29 is 29.0 Å². The average molecular weight is 570 g/mol. The van der Waals surface area contributed by atoms with Crippen molar-refractivity contribution in [1.29, 1.82) is 0 Å². The standard InChI is InChI=1S/C24H26Br2O6/c1-22(2,25)20(29)31-17-10-6-15(7-11-17)24(5,14-19(27)28)16-8-12-18(13-9-16)32-21(30)23(3,4)26/h6-13H,14H2,1-5H3,(H,27,28). The van der Waals surface area contributed by atoms with Crippen LogP contribution in [0.15, 0.2) is 48.5 Å². The molecule has 0 radical (unpaired) electrons. The van der Waals surface area contributed by atoms with Crippen molar-refractivity contribution in [2.24, 2.45) is 0 Å². The summed E-state index contributed by atoms with van der Waals surface area (Å²) in [5.74, 6) is -1.10. The van der Waals surface area contributed by atoms with Crippen LogP contribution in [0.5, 0.6) is 11.5 Å². The largest absolute Gasteiger partial charge is 0.481 e. The zero-order valence-electron chi connectivity index (χ0n) is 18.6. The summed E-state index contributed by atoms with van der Waals surface area (Å²) in [4.78, 5) is 35.8. The predicted molar refractivity (Wildman–Crippen MR) is 129 cm³/mol. The molecule has 0 heterocycles. The molecule has 172 valence electrons. The highest BCUT2D eigenvalue weighted by Gasteiger charge is 2.33. The summed E-state index contributed by atoms with van der Waals surface area (Å²) in [6, 6.07) is 13.5. The number of halogens is 2. The molecule has 0 bridgehead atoms. The monoisotopic (exact) mass is 568 g/mol. The number of rotatable bonds is 8. The zero-order chi connectivity index (χ0) is 24.3. The Labute approximate surface area is 204 Å². The fourth-order valence-electron chi connectivity index (χ4n) is 2.91. The maximum atomic E-state index is 12.1.